The number of hydrogen-bond acceptors (Lipinski definition) is 4. The maximum atomic E-state index is 11.5. The number of carbonyl (C=O) groups is 2. The van der Waals surface area contributed by atoms with Gasteiger partial charge in [-0.2, -0.15) is 0 Å². The molecule has 0 aliphatic carbocycles. The van der Waals surface area contributed by atoms with E-state index in [0.717, 1.165) is 12.2 Å². The third-order valence-corrected chi connectivity index (χ3v) is 2.85. The third-order valence-electron chi connectivity index (χ3n) is 2.85. The minimum Gasteiger partial charge on any atom is -0.462 e. The summed E-state index contributed by atoms with van der Waals surface area (Å²) in [5.41, 5.74) is -0.517. The molecule has 20 heavy (non-hydrogen) atoms. The van der Waals surface area contributed by atoms with Gasteiger partial charge in [0, 0.05) is 17.6 Å². The molecule has 0 saturated heterocycles. The van der Waals surface area contributed by atoms with Gasteiger partial charge in [0.2, 0.25) is 0 Å². The van der Waals surface area contributed by atoms with E-state index < -0.39 is 17.4 Å². The quantitative estimate of drug-likeness (QED) is 0.531. The fourth-order valence-corrected chi connectivity index (χ4v) is 1.63. The van der Waals surface area contributed by atoms with Crippen molar-refractivity contribution in [2.45, 2.75) is 47.1 Å². The number of ether oxygens (including phenoxy) is 2. The van der Waals surface area contributed by atoms with Crippen LogP contribution >= 0.6 is 0 Å². The monoisotopic (exact) mass is 282 g/mol. The summed E-state index contributed by atoms with van der Waals surface area (Å²) in [5, 5.41) is 0. The number of esters is 2. The fraction of sp³-hybridized carbons (Fsp3) is 0.625. The van der Waals surface area contributed by atoms with Gasteiger partial charge < -0.3 is 9.47 Å². The van der Waals surface area contributed by atoms with Crippen LogP contribution in [-0.2, 0) is 19.1 Å². The number of hydrogen-bond donors (Lipinski definition) is 0. The SMILES string of the molecule is C=CC(=O)OCC(C)(C)C(CC(C)(C)C)OC(=O)C=C. The van der Waals surface area contributed by atoms with Crippen molar-refractivity contribution in [2.75, 3.05) is 6.61 Å². The molecule has 0 aliphatic heterocycles. The van der Waals surface area contributed by atoms with Crippen molar-refractivity contribution in [1.29, 1.82) is 0 Å². The van der Waals surface area contributed by atoms with Crippen molar-refractivity contribution in [3.8, 4) is 0 Å². The second-order valence-corrected chi connectivity index (χ2v) is 6.69. The van der Waals surface area contributed by atoms with Crippen molar-refractivity contribution in [3.63, 3.8) is 0 Å². The highest BCUT2D eigenvalue weighted by Gasteiger charge is 2.36. The van der Waals surface area contributed by atoms with Crippen molar-refractivity contribution < 1.29 is 19.1 Å². The summed E-state index contributed by atoms with van der Waals surface area (Å²) in [6.45, 7) is 16.9. The summed E-state index contributed by atoms with van der Waals surface area (Å²) in [5.74, 6) is -0.954. The van der Waals surface area contributed by atoms with Gasteiger partial charge >= 0.3 is 11.9 Å². The molecule has 114 valence electrons. The molecule has 0 N–H and O–H groups in total. The zero-order chi connectivity index (χ0) is 16.0. The first kappa shape index (κ1) is 18.4. The first-order chi connectivity index (χ1) is 9.01. The van der Waals surface area contributed by atoms with Crippen molar-refractivity contribution >= 4 is 11.9 Å². The molecule has 0 aromatic rings. The van der Waals surface area contributed by atoms with Gasteiger partial charge in [-0.15, -0.1) is 0 Å². The predicted octanol–water partition coefficient (Wildman–Crippen LogP) is 3.28. The van der Waals surface area contributed by atoms with Gasteiger partial charge in [0.15, 0.2) is 0 Å². The zero-order valence-electron chi connectivity index (χ0n) is 13.2. The van der Waals surface area contributed by atoms with E-state index in [1.807, 2.05) is 13.8 Å². The second kappa shape index (κ2) is 7.27. The van der Waals surface area contributed by atoms with Crippen molar-refractivity contribution in [3.05, 3.63) is 25.3 Å². The lowest BCUT2D eigenvalue weighted by Crippen LogP contribution is -2.40. The Labute approximate surface area is 121 Å². The molecule has 0 rings (SSSR count). The zero-order valence-corrected chi connectivity index (χ0v) is 13.2. The molecule has 0 amide bonds. The van der Waals surface area contributed by atoms with Crippen LogP contribution in [0.1, 0.15) is 41.0 Å². The van der Waals surface area contributed by atoms with E-state index in [0.29, 0.717) is 6.42 Å². The molecule has 0 saturated carbocycles. The maximum absolute atomic E-state index is 11.5. The molecule has 4 heteroatoms. The highest BCUT2D eigenvalue weighted by atomic mass is 16.6. The average molecular weight is 282 g/mol. The molecule has 0 fully saturated rings. The first-order valence-electron chi connectivity index (χ1n) is 6.64. The summed E-state index contributed by atoms with van der Waals surface area (Å²) in [6.07, 6.45) is 2.54. The van der Waals surface area contributed by atoms with Crippen LogP contribution in [0.3, 0.4) is 0 Å². The second-order valence-electron chi connectivity index (χ2n) is 6.69. The van der Waals surface area contributed by atoms with Crippen molar-refractivity contribution in [2.24, 2.45) is 10.8 Å². The Morgan fingerprint density at radius 1 is 1.05 bits per heavy atom. The lowest BCUT2D eigenvalue weighted by molar-refractivity contribution is -0.157. The van der Waals surface area contributed by atoms with Gasteiger partial charge in [-0.1, -0.05) is 47.8 Å². The average Bonchev–Trinajstić information content (AvgIpc) is 2.33. The molecule has 0 heterocycles. The van der Waals surface area contributed by atoms with Gasteiger partial charge in [0.05, 0.1) is 0 Å². The van der Waals surface area contributed by atoms with E-state index in [-0.39, 0.29) is 18.1 Å². The Bertz CT molecular complexity index is 374. The van der Waals surface area contributed by atoms with Crippen molar-refractivity contribution in [1.82, 2.24) is 0 Å². The lowest BCUT2D eigenvalue weighted by atomic mass is 9.78. The van der Waals surface area contributed by atoms with E-state index in [1.165, 1.54) is 0 Å². The van der Waals surface area contributed by atoms with Crippen LogP contribution in [0.25, 0.3) is 0 Å². The van der Waals surface area contributed by atoms with Gasteiger partial charge in [-0.3, -0.25) is 0 Å². The molecule has 0 aromatic carbocycles. The van der Waals surface area contributed by atoms with E-state index in [9.17, 15) is 9.59 Å². The molecule has 1 unspecified atom stereocenters. The summed E-state index contributed by atoms with van der Waals surface area (Å²) < 4.78 is 10.5. The molecule has 0 spiro atoms. The van der Waals surface area contributed by atoms with E-state index in [1.54, 1.807) is 0 Å². The molecule has 0 aliphatic rings. The molecule has 0 bridgehead atoms. The van der Waals surface area contributed by atoms with Gasteiger partial charge in [-0.05, 0) is 11.8 Å². The van der Waals surface area contributed by atoms with Crippen LogP contribution in [0, 0.1) is 10.8 Å². The molecular weight excluding hydrogens is 256 g/mol. The van der Waals surface area contributed by atoms with Crippen LogP contribution in [0.5, 0.6) is 0 Å². The minimum absolute atomic E-state index is 0.0220. The third kappa shape index (κ3) is 7.12. The highest BCUT2D eigenvalue weighted by Crippen LogP contribution is 2.33. The standard InChI is InChI=1S/C16H26O4/c1-8-13(17)19-11-16(6,7)12(10-15(3,4)5)20-14(18)9-2/h8-9,12H,1-2,10-11H2,3-7H3. The number of rotatable bonds is 7. The highest BCUT2D eigenvalue weighted by molar-refractivity contribution is 5.81. The summed E-state index contributed by atoms with van der Waals surface area (Å²) >= 11 is 0. The fourth-order valence-electron chi connectivity index (χ4n) is 1.63. The Morgan fingerprint density at radius 3 is 1.95 bits per heavy atom. The first-order valence-corrected chi connectivity index (χ1v) is 6.64. The summed E-state index contributed by atoms with van der Waals surface area (Å²) in [6, 6.07) is 0. The molecule has 0 radical (unpaired) electrons. The largest absolute Gasteiger partial charge is 0.462 e. The van der Waals surface area contributed by atoms with Crippen LogP contribution < -0.4 is 0 Å². The van der Waals surface area contributed by atoms with Crippen LogP contribution in [0.2, 0.25) is 0 Å². The summed E-state index contributed by atoms with van der Waals surface area (Å²) in [7, 11) is 0. The predicted molar refractivity (Wildman–Crippen MR) is 79.1 cm³/mol. The molecular formula is C16H26O4. The van der Waals surface area contributed by atoms with Gasteiger partial charge in [-0.25, -0.2) is 9.59 Å². The summed E-state index contributed by atoms with van der Waals surface area (Å²) in [4.78, 5) is 22.7. The lowest BCUT2D eigenvalue weighted by Gasteiger charge is -2.36. The van der Waals surface area contributed by atoms with Crippen LogP contribution in [0.15, 0.2) is 25.3 Å². The molecule has 4 nitrogen and oxygen atoms in total. The minimum atomic E-state index is -0.495. The van der Waals surface area contributed by atoms with Gasteiger partial charge in [0.1, 0.15) is 12.7 Å². The Hall–Kier alpha value is -1.58. The Morgan fingerprint density at radius 2 is 1.55 bits per heavy atom. The molecule has 1 atom stereocenters. The Kier molecular flexibility index (Phi) is 6.69. The number of carbonyl (C=O) groups excluding carboxylic acids is 2. The maximum Gasteiger partial charge on any atom is 0.330 e. The normalized spacial score (nSPS) is 13.2. The Balaban J connectivity index is 4.96. The van der Waals surface area contributed by atoms with Crippen LogP contribution in [-0.4, -0.2) is 24.6 Å². The molecule has 0 aromatic heterocycles. The van der Waals surface area contributed by atoms with E-state index in [4.69, 9.17) is 9.47 Å². The van der Waals surface area contributed by atoms with Gasteiger partial charge in [0.25, 0.3) is 0 Å². The smallest absolute Gasteiger partial charge is 0.330 e. The topological polar surface area (TPSA) is 52.6 Å². The van der Waals surface area contributed by atoms with E-state index in [2.05, 4.69) is 33.9 Å². The van der Waals surface area contributed by atoms with E-state index >= 15 is 0 Å². The van der Waals surface area contributed by atoms with Crippen LogP contribution in [0.4, 0.5) is 0 Å².